The number of carbonyl (C=O) groups is 1. The molecule has 0 unspecified atom stereocenters. The number of piperidine rings is 1. The number of aromatic nitrogens is 3. The predicted molar refractivity (Wildman–Crippen MR) is 91.6 cm³/mol. The third-order valence-electron chi connectivity index (χ3n) is 4.52. The second-order valence-corrected chi connectivity index (χ2v) is 6.21. The van der Waals surface area contributed by atoms with E-state index in [1.54, 1.807) is 41.6 Å². The number of hydrogen-bond donors (Lipinski definition) is 0. The number of hydrogen-bond acceptors (Lipinski definition) is 5. The van der Waals surface area contributed by atoms with Gasteiger partial charge in [-0.05, 0) is 55.7 Å². The molecule has 1 saturated heterocycles. The lowest BCUT2D eigenvalue weighted by Gasteiger charge is -2.33. The van der Waals surface area contributed by atoms with Gasteiger partial charge in [0.25, 0.3) is 5.91 Å². The Bertz CT molecular complexity index is 895. The molecule has 0 N–H and O–H groups in total. The lowest BCUT2D eigenvalue weighted by Crippen LogP contribution is -2.38. The van der Waals surface area contributed by atoms with E-state index in [-0.39, 0.29) is 17.8 Å². The quantitative estimate of drug-likeness (QED) is 0.720. The average molecular weight is 352 g/mol. The highest BCUT2D eigenvalue weighted by atomic mass is 19.1. The standard InChI is InChI=1S/C19H17FN4O2/c20-15-6-4-13(5-7-15)17-22-18(26-23-17)16-3-1-2-12-24(16)19(25)14-8-10-21-11-9-14/h4-11,16H,1-3,12H2/t16-/m0/s1. The molecule has 1 aliphatic heterocycles. The summed E-state index contributed by atoms with van der Waals surface area (Å²) in [5.74, 6) is 0.408. The fourth-order valence-electron chi connectivity index (χ4n) is 3.18. The Kier molecular flexibility index (Phi) is 4.43. The normalized spacial score (nSPS) is 17.3. The maximum Gasteiger partial charge on any atom is 0.254 e. The van der Waals surface area contributed by atoms with E-state index < -0.39 is 0 Å². The van der Waals surface area contributed by atoms with E-state index in [0.29, 0.717) is 29.4 Å². The Hall–Kier alpha value is -3.09. The van der Waals surface area contributed by atoms with Crippen molar-refractivity contribution >= 4 is 5.91 Å². The second-order valence-electron chi connectivity index (χ2n) is 6.21. The number of pyridine rings is 1. The van der Waals surface area contributed by atoms with Crippen molar-refractivity contribution in [1.82, 2.24) is 20.0 Å². The third kappa shape index (κ3) is 3.20. The van der Waals surface area contributed by atoms with Gasteiger partial charge in [-0.2, -0.15) is 4.98 Å². The molecule has 7 heteroatoms. The fraction of sp³-hybridized carbons (Fsp3) is 0.263. The number of rotatable bonds is 3. The first-order chi connectivity index (χ1) is 12.7. The molecule has 1 atom stereocenters. The smallest absolute Gasteiger partial charge is 0.254 e. The highest BCUT2D eigenvalue weighted by Gasteiger charge is 2.32. The number of likely N-dealkylation sites (tertiary alicyclic amines) is 1. The molecular weight excluding hydrogens is 335 g/mol. The Labute approximate surface area is 149 Å². The van der Waals surface area contributed by atoms with Crippen LogP contribution in [-0.2, 0) is 0 Å². The van der Waals surface area contributed by atoms with Gasteiger partial charge in [0.1, 0.15) is 11.9 Å². The van der Waals surface area contributed by atoms with Crippen molar-refractivity contribution in [1.29, 1.82) is 0 Å². The van der Waals surface area contributed by atoms with Gasteiger partial charge < -0.3 is 9.42 Å². The van der Waals surface area contributed by atoms with Gasteiger partial charge in [-0.25, -0.2) is 4.39 Å². The molecule has 4 rings (SSSR count). The molecule has 0 aliphatic carbocycles. The first kappa shape index (κ1) is 16.4. The highest BCUT2D eigenvalue weighted by Crippen LogP contribution is 2.32. The van der Waals surface area contributed by atoms with Crippen molar-refractivity contribution in [2.45, 2.75) is 25.3 Å². The first-order valence-corrected chi connectivity index (χ1v) is 8.53. The Morgan fingerprint density at radius 3 is 2.65 bits per heavy atom. The Morgan fingerprint density at radius 2 is 1.88 bits per heavy atom. The van der Waals surface area contributed by atoms with Crippen LogP contribution in [0, 0.1) is 5.82 Å². The molecule has 0 radical (unpaired) electrons. The minimum atomic E-state index is -0.320. The lowest BCUT2D eigenvalue weighted by molar-refractivity contribution is 0.0561. The maximum absolute atomic E-state index is 13.1. The minimum Gasteiger partial charge on any atom is -0.337 e. The molecule has 3 aromatic rings. The van der Waals surface area contributed by atoms with Gasteiger partial charge in [0.05, 0.1) is 0 Å². The predicted octanol–water partition coefficient (Wildman–Crippen LogP) is 3.64. The van der Waals surface area contributed by atoms with Crippen LogP contribution in [0.25, 0.3) is 11.4 Å². The summed E-state index contributed by atoms with van der Waals surface area (Å²) in [5.41, 5.74) is 1.26. The van der Waals surface area contributed by atoms with Crippen LogP contribution in [0.2, 0.25) is 0 Å². The number of carbonyl (C=O) groups excluding carboxylic acids is 1. The van der Waals surface area contributed by atoms with Crippen LogP contribution in [-0.4, -0.2) is 32.5 Å². The van der Waals surface area contributed by atoms with Crippen LogP contribution in [0.5, 0.6) is 0 Å². The van der Waals surface area contributed by atoms with Crippen molar-refractivity contribution in [2.75, 3.05) is 6.54 Å². The molecular formula is C19H17FN4O2. The largest absolute Gasteiger partial charge is 0.337 e. The molecule has 26 heavy (non-hydrogen) atoms. The third-order valence-corrected chi connectivity index (χ3v) is 4.52. The summed E-state index contributed by atoms with van der Waals surface area (Å²) in [4.78, 5) is 23.1. The summed E-state index contributed by atoms with van der Waals surface area (Å²) in [6, 6.07) is 9.05. The zero-order valence-corrected chi connectivity index (χ0v) is 14.0. The maximum atomic E-state index is 13.1. The van der Waals surface area contributed by atoms with Crippen LogP contribution in [0.3, 0.4) is 0 Å². The second kappa shape index (κ2) is 7.03. The highest BCUT2D eigenvalue weighted by molar-refractivity contribution is 5.94. The molecule has 1 aliphatic rings. The van der Waals surface area contributed by atoms with Crippen molar-refractivity contribution in [2.24, 2.45) is 0 Å². The number of nitrogens with zero attached hydrogens (tertiary/aromatic N) is 4. The Morgan fingerprint density at radius 1 is 1.12 bits per heavy atom. The Balaban J connectivity index is 1.61. The van der Waals surface area contributed by atoms with Crippen LogP contribution < -0.4 is 0 Å². The zero-order valence-electron chi connectivity index (χ0n) is 14.0. The van der Waals surface area contributed by atoms with Crippen molar-refractivity contribution in [3.63, 3.8) is 0 Å². The SMILES string of the molecule is O=C(c1ccncc1)N1CCCC[C@H]1c1nc(-c2ccc(F)cc2)no1. The summed E-state index contributed by atoms with van der Waals surface area (Å²) in [7, 11) is 0. The van der Waals surface area contributed by atoms with Gasteiger partial charge in [-0.1, -0.05) is 5.16 Å². The van der Waals surface area contributed by atoms with Crippen LogP contribution in [0.15, 0.2) is 53.3 Å². The molecule has 0 spiro atoms. The van der Waals surface area contributed by atoms with E-state index in [0.717, 1.165) is 19.3 Å². The summed E-state index contributed by atoms with van der Waals surface area (Å²) in [6.07, 6.45) is 5.89. The van der Waals surface area contributed by atoms with E-state index in [2.05, 4.69) is 15.1 Å². The molecule has 1 aromatic carbocycles. The molecule has 3 heterocycles. The minimum absolute atomic E-state index is 0.0707. The van der Waals surface area contributed by atoms with Gasteiger partial charge in [0.15, 0.2) is 0 Å². The van der Waals surface area contributed by atoms with E-state index in [1.165, 1.54) is 12.1 Å². The average Bonchev–Trinajstić information content (AvgIpc) is 3.19. The molecule has 1 fully saturated rings. The molecule has 0 saturated carbocycles. The van der Waals surface area contributed by atoms with Crippen LogP contribution in [0.1, 0.15) is 41.6 Å². The van der Waals surface area contributed by atoms with Gasteiger partial charge in [0.2, 0.25) is 11.7 Å². The number of halogens is 1. The van der Waals surface area contributed by atoms with E-state index in [9.17, 15) is 9.18 Å². The molecule has 2 aromatic heterocycles. The van der Waals surface area contributed by atoms with E-state index in [4.69, 9.17) is 4.52 Å². The topological polar surface area (TPSA) is 72.1 Å². The van der Waals surface area contributed by atoms with Gasteiger partial charge in [-0.15, -0.1) is 0 Å². The first-order valence-electron chi connectivity index (χ1n) is 8.53. The summed E-state index contributed by atoms with van der Waals surface area (Å²) in [5, 5.41) is 4.00. The summed E-state index contributed by atoms with van der Waals surface area (Å²) >= 11 is 0. The van der Waals surface area contributed by atoms with Gasteiger partial charge in [-0.3, -0.25) is 9.78 Å². The molecule has 1 amide bonds. The van der Waals surface area contributed by atoms with Crippen molar-refractivity contribution in [3.05, 3.63) is 66.1 Å². The van der Waals surface area contributed by atoms with Gasteiger partial charge in [0, 0.05) is 30.1 Å². The van der Waals surface area contributed by atoms with Crippen molar-refractivity contribution in [3.8, 4) is 11.4 Å². The molecule has 6 nitrogen and oxygen atoms in total. The lowest BCUT2D eigenvalue weighted by atomic mass is 10.0. The summed E-state index contributed by atoms with van der Waals surface area (Å²) < 4.78 is 18.5. The van der Waals surface area contributed by atoms with E-state index >= 15 is 0 Å². The van der Waals surface area contributed by atoms with Gasteiger partial charge >= 0.3 is 0 Å². The summed E-state index contributed by atoms with van der Waals surface area (Å²) in [6.45, 7) is 0.639. The van der Waals surface area contributed by atoms with E-state index in [1.807, 2.05) is 0 Å². The number of benzene rings is 1. The van der Waals surface area contributed by atoms with Crippen LogP contribution in [0.4, 0.5) is 4.39 Å². The molecule has 132 valence electrons. The number of amides is 1. The monoisotopic (exact) mass is 352 g/mol. The fourth-order valence-corrected chi connectivity index (χ4v) is 3.18. The zero-order chi connectivity index (χ0) is 17.9. The van der Waals surface area contributed by atoms with Crippen LogP contribution >= 0.6 is 0 Å². The molecule has 0 bridgehead atoms. The van der Waals surface area contributed by atoms with Crippen molar-refractivity contribution < 1.29 is 13.7 Å².